The summed E-state index contributed by atoms with van der Waals surface area (Å²) in [6, 6.07) is 13.7. The number of hydrogen-bond donors (Lipinski definition) is 1. The van der Waals surface area contributed by atoms with E-state index in [4.69, 9.17) is 11.6 Å². The summed E-state index contributed by atoms with van der Waals surface area (Å²) in [5.41, 5.74) is 5.21. The summed E-state index contributed by atoms with van der Waals surface area (Å²) in [4.78, 5) is 37.2. The van der Waals surface area contributed by atoms with E-state index in [1.54, 1.807) is 0 Å². The van der Waals surface area contributed by atoms with Gasteiger partial charge in [0.25, 0.3) is 5.91 Å². The average Bonchev–Trinajstić information content (AvgIpc) is 3.10. The van der Waals surface area contributed by atoms with Crippen LogP contribution in [-0.2, 0) is 16.9 Å². The number of aromatic nitrogens is 1. The molecular formula is C26H23ClF3N3O5S. The topological polar surface area (TPSA) is 89.9 Å². The SMILES string of the molecule is COC(=O)Oc1c2n(ccc1=O)NCN([C@H](C)C(F)(F)F)C2=O.Clc1cccc2c1CSc1ccccc1C2. The molecule has 1 atom stereocenters. The molecule has 2 aliphatic rings. The second kappa shape index (κ2) is 11.6. The lowest BCUT2D eigenvalue weighted by Crippen LogP contribution is -2.54. The zero-order valence-electron chi connectivity index (χ0n) is 20.8. The second-order valence-electron chi connectivity index (χ2n) is 8.54. The van der Waals surface area contributed by atoms with Gasteiger partial charge in [0, 0.05) is 27.9 Å². The van der Waals surface area contributed by atoms with E-state index in [9.17, 15) is 27.6 Å². The number of ether oxygens (including phenoxy) is 2. The zero-order chi connectivity index (χ0) is 28.3. The number of pyridine rings is 1. The number of hydrogen-bond acceptors (Lipinski definition) is 7. The number of methoxy groups -OCH3 is 1. The molecule has 3 heterocycles. The van der Waals surface area contributed by atoms with Crippen LogP contribution in [0.15, 0.2) is 64.4 Å². The molecule has 0 bridgehead atoms. The largest absolute Gasteiger partial charge is 0.513 e. The van der Waals surface area contributed by atoms with Crippen molar-refractivity contribution in [3.8, 4) is 5.75 Å². The van der Waals surface area contributed by atoms with Crippen molar-refractivity contribution in [2.45, 2.75) is 36.2 Å². The monoisotopic (exact) mass is 581 g/mol. The van der Waals surface area contributed by atoms with Gasteiger partial charge in [-0.2, -0.15) is 13.2 Å². The number of fused-ring (bicyclic) bond motifs is 3. The Morgan fingerprint density at radius 1 is 1.10 bits per heavy atom. The van der Waals surface area contributed by atoms with Crippen LogP contribution in [0.3, 0.4) is 0 Å². The minimum absolute atomic E-state index is 0.437. The van der Waals surface area contributed by atoms with E-state index in [0.717, 1.165) is 48.2 Å². The number of carbonyl (C=O) groups excluding carboxylic acids is 2. The highest BCUT2D eigenvalue weighted by atomic mass is 35.5. The Hall–Kier alpha value is -3.64. The normalized spacial score (nSPS) is 14.8. The summed E-state index contributed by atoms with van der Waals surface area (Å²) in [6.45, 7) is 0.365. The summed E-state index contributed by atoms with van der Waals surface area (Å²) in [6.07, 6.45) is -3.78. The minimum Gasteiger partial charge on any atom is -0.437 e. The molecule has 1 N–H and O–H groups in total. The molecule has 1 amide bonds. The summed E-state index contributed by atoms with van der Waals surface area (Å²) in [5, 5.41) is 0.901. The van der Waals surface area contributed by atoms with Crippen molar-refractivity contribution in [1.82, 2.24) is 9.58 Å². The molecule has 3 aromatic rings. The second-order valence-corrected chi connectivity index (χ2v) is 9.97. The van der Waals surface area contributed by atoms with Gasteiger partial charge in [-0.15, -0.1) is 11.8 Å². The van der Waals surface area contributed by atoms with E-state index in [2.05, 4.69) is 45.2 Å². The highest BCUT2D eigenvalue weighted by molar-refractivity contribution is 7.98. The first-order chi connectivity index (χ1) is 18.5. The Balaban J connectivity index is 0.000000192. The van der Waals surface area contributed by atoms with E-state index >= 15 is 0 Å². The average molecular weight is 582 g/mol. The van der Waals surface area contributed by atoms with E-state index < -0.39 is 47.8 Å². The van der Waals surface area contributed by atoms with Gasteiger partial charge in [-0.25, -0.2) is 4.79 Å². The molecule has 2 aliphatic heterocycles. The molecule has 0 spiro atoms. The summed E-state index contributed by atoms with van der Waals surface area (Å²) in [5.74, 6) is -0.840. The Morgan fingerprint density at radius 3 is 2.54 bits per heavy atom. The van der Waals surface area contributed by atoms with Gasteiger partial charge in [-0.1, -0.05) is 41.9 Å². The quantitative estimate of drug-likeness (QED) is 0.403. The summed E-state index contributed by atoms with van der Waals surface area (Å²) in [7, 11) is 0.980. The third kappa shape index (κ3) is 6.17. The van der Waals surface area contributed by atoms with Gasteiger partial charge in [0.05, 0.1) is 7.11 Å². The Kier molecular flexibility index (Phi) is 8.45. The van der Waals surface area contributed by atoms with Crippen LogP contribution in [0.4, 0.5) is 18.0 Å². The molecule has 5 rings (SSSR count). The molecule has 206 valence electrons. The predicted octanol–water partition coefficient (Wildman–Crippen LogP) is 5.44. The molecule has 0 saturated heterocycles. The van der Waals surface area contributed by atoms with Crippen LogP contribution in [0.2, 0.25) is 5.02 Å². The number of nitrogens with zero attached hydrogens (tertiary/aromatic N) is 2. The van der Waals surface area contributed by atoms with E-state index in [-0.39, 0.29) is 0 Å². The number of amides is 1. The van der Waals surface area contributed by atoms with Crippen molar-refractivity contribution >= 4 is 35.4 Å². The number of nitrogens with one attached hydrogen (secondary N) is 1. The summed E-state index contributed by atoms with van der Waals surface area (Å²) < 4.78 is 48.4. The molecular weight excluding hydrogens is 559 g/mol. The van der Waals surface area contributed by atoms with Gasteiger partial charge in [0.2, 0.25) is 11.2 Å². The van der Waals surface area contributed by atoms with Crippen molar-refractivity contribution in [3.05, 3.63) is 92.4 Å². The maximum absolute atomic E-state index is 12.8. The number of carbonyl (C=O) groups is 2. The van der Waals surface area contributed by atoms with E-state index in [1.165, 1.54) is 21.6 Å². The lowest BCUT2D eigenvalue weighted by molar-refractivity contribution is -0.172. The maximum Gasteiger partial charge on any atom is 0.513 e. The third-order valence-corrected chi connectivity index (χ3v) is 7.66. The Labute approximate surface area is 230 Å². The lowest BCUT2D eigenvalue weighted by atomic mass is 10.0. The lowest BCUT2D eigenvalue weighted by Gasteiger charge is -2.36. The smallest absolute Gasteiger partial charge is 0.437 e. The fourth-order valence-electron chi connectivity index (χ4n) is 4.00. The van der Waals surface area contributed by atoms with Crippen LogP contribution < -0.4 is 15.6 Å². The first-order valence-corrected chi connectivity index (χ1v) is 13.0. The number of alkyl halides is 3. The Bertz CT molecular complexity index is 1460. The van der Waals surface area contributed by atoms with Gasteiger partial charge in [0.15, 0.2) is 5.69 Å². The molecule has 8 nitrogen and oxygen atoms in total. The van der Waals surface area contributed by atoms with Crippen LogP contribution in [0, 0.1) is 0 Å². The van der Waals surface area contributed by atoms with Crippen molar-refractivity contribution in [3.63, 3.8) is 0 Å². The van der Waals surface area contributed by atoms with Crippen LogP contribution >= 0.6 is 23.4 Å². The number of halogens is 4. The van der Waals surface area contributed by atoms with Crippen LogP contribution in [0.5, 0.6) is 5.75 Å². The molecule has 0 unspecified atom stereocenters. The first kappa shape index (κ1) is 28.4. The minimum atomic E-state index is -4.65. The molecule has 0 aliphatic carbocycles. The highest BCUT2D eigenvalue weighted by Gasteiger charge is 2.45. The predicted molar refractivity (Wildman–Crippen MR) is 140 cm³/mol. The van der Waals surface area contributed by atoms with Gasteiger partial charge < -0.3 is 19.8 Å². The van der Waals surface area contributed by atoms with Crippen LogP contribution in [-0.4, -0.2) is 47.6 Å². The first-order valence-electron chi connectivity index (χ1n) is 11.6. The van der Waals surface area contributed by atoms with Crippen LogP contribution in [0.25, 0.3) is 0 Å². The highest BCUT2D eigenvalue weighted by Crippen LogP contribution is 2.36. The standard InChI is InChI=1S/C14H11ClS.C12H12F3N3O5/c15-13-6-3-5-10-8-11-4-1-2-7-14(11)16-9-12(10)13;1-6(12(13,14)15)17-5-16-18-4-3-7(19)9(8(18)10(17)20)23-11(21)22-2/h1-7H,8-9H2;3-4,6,16H,5H2,1-2H3/t;6-/m.1/s1. The number of thioether (sulfide) groups is 1. The number of rotatable bonds is 2. The van der Waals surface area contributed by atoms with Crippen molar-refractivity contribution < 1.29 is 32.2 Å². The fourth-order valence-corrected chi connectivity index (χ4v) is 5.48. The maximum atomic E-state index is 12.8. The van der Waals surface area contributed by atoms with Crippen molar-refractivity contribution in [2.24, 2.45) is 0 Å². The van der Waals surface area contributed by atoms with Crippen LogP contribution in [0.1, 0.15) is 34.1 Å². The van der Waals surface area contributed by atoms with Gasteiger partial charge >= 0.3 is 12.3 Å². The van der Waals surface area contributed by atoms with Crippen molar-refractivity contribution in [1.29, 1.82) is 0 Å². The molecule has 0 radical (unpaired) electrons. The third-order valence-electron chi connectivity index (χ3n) is 6.16. The molecule has 0 saturated carbocycles. The van der Waals surface area contributed by atoms with E-state index in [0.29, 0.717) is 4.90 Å². The zero-order valence-corrected chi connectivity index (χ0v) is 22.3. The van der Waals surface area contributed by atoms with E-state index in [1.807, 2.05) is 23.9 Å². The summed E-state index contributed by atoms with van der Waals surface area (Å²) >= 11 is 8.13. The molecule has 2 aromatic carbocycles. The Morgan fingerprint density at radius 2 is 1.82 bits per heavy atom. The van der Waals surface area contributed by atoms with Gasteiger partial charge in [-0.05, 0) is 42.2 Å². The molecule has 13 heteroatoms. The fraction of sp³-hybridized carbons (Fsp3) is 0.269. The van der Waals surface area contributed by atoms with Crippen molar-refractivity contribution in [2.75, 3.05) is 19.2 Å². The van der Waals surface area contributed by atoms with Gasteiger partial charge in [-0.3, -0.25) is 14.3 Å². The molecule has 0 fully saturated rings. The molecule has 39 heavy (non-hydrogen) atoms. The van der Waals surface area contributed by atoms with Gasteiger partial charge in [0.1, 0.15) is 12.7 Å². The number of benzene rings is 2. The molecule has 1 aromatic heterocycles.